The van der Waals surface area contributed by atoms with Crippen molar-refractivity contribution in [2.45, 2.75) is 6.54 Å². The first-order valence-electron chi connectivity index (χ1n) is 8.83. The summed E-state index contributed by atoms with van der Waals surface area (Å²) in [4.78, 5) is 12.8. The van der Waals surface area contributed by atoms with Gasteiger partial charge in [-0.1, -0.05) is 57.9 Å². The average Bonchev–Trinajstić information content (AvgIpc) is 3.05. The molecule has 0 spiro atoms. The van der Waals surface area contributed by atoms with E-state index in [0.29, 0.717) is 21.2 Å². The van der Waals surface area contributed by atoms with Crippen LogP contribution in [0, 0.1) is 4.77 Å². The van der Waals surface area contributed by atoms with Crippen molar-refractivity contribution in [3.63, 3.8) is 0 Å². The predicted molar refractivity (Wildman–Crippen MR) is 121 cm³/mol. The van der Waals surface area contributed by atoms with E-state index in [4.69, 9.17) is 23.8 Å². The number of carbonyl (C=O) groups is 1. The molecule has 0 bridgehead atoms. The van der Waals surface area contributed by atoms with E-state index in [1.165, 1.54) is 0 Å². The highest BCUT2D eigenvalue weighted by Crippen LogP contribution is 2.25. The summed E-state index contributed by atoms with van der Waals surface area (Å²) in [5, 5.41) is 5.27. The molecule has 0 saturated heterocycles. The zero-order valence-corrected chi connectivity index (χ0v) is 18.3. The fourth-order valence-corrected chi connectivity index (χ4v) is 3.82. The van der Waals surface area contributed by atoms with E-state index in [0.717, 1.165) is 15.7 Å². The Morgan fingerprint density at radius 3 is 2.41 bits per heavy atom. The SMILES string of the molecule is O=C(Cn1nc(-c2cccc(Br)c2)n(-c2ccccc2)c1=S)c1ccc(Cl)cc1. The summed E-state index contributed by atoms with van der Waals surface area (Å²) < 4.78 is 4.84. The topological polar surface area (TPSA) is 39.8 Å². The van der Waals surface area contributed by atoms with E-state index in [-0.39, 0.29) is 12.3 Å². The lowest BCUT2D eigenvalue weighted by molar-refractivity contribution is 0.0967. The van der Waals surface area contributed by atoms with Crippen molar-refractivity contribution in [3.8, 4) is 17.1 Å². The van der Waals surface area contributed by atoms with E-state index in [1.54, 1.807) is 28.9 Å². The monoisotopic (exact) mass is 483 g/mol. The molecular formula is C22H15BrClN3OS. The number of ketones is 1. The number of para-hydroxylation sites is 1. The molecule has 144 valence electrons. The minimum absolute atomic E-state index is 0.0430. The first-order valence-corrected chi connectivity index (χ1v) is 10.4. The Hall–Kier alpha value is -2.54. The van der Waals surface area contributed by atoms with E-state index in [1.807, 2.05) is 59.2 Å². The van der Waals surface area contributed by atoms with Crippen LogP contribution in [0.5, 0.6) is 0 Å². The van der Waals surface area contributed by atoms with Crippen LogP contribution < -0.4 is 0 Å². The minimum atomic E-state index is -0.0868. The van der Waals surface area contributed by atoms with Gasteiger partial charge in [-0.2, -0.15) is 5.10 Å². The van der Waals surface area contributed by atoms with Gasteiger partial charge >= 0.3 is 0 Å². The Kier molecular flexibility index (Phi) is 5.76. The molecule has 0 unspecified atom stereocenters. The highest BCUT2D eigenvalue weighted by Gasteiger charge is 2.17. The summed E-state index contributed by atoms with van der Waals surface area (Å²) in [5.41, 5.74) is 2.35. The zero-order valence-electron chi connectivity index (χ0n) is 15.1. The molecular weight excluding hydrogens is 470 g/mol. The van der Waals surface area contributed by atoms with Gasteiger partial charge in [-0.25, -0.2) is 4.68 Å². The van der Waals surface area contributed by atoms with Crippen LogP contribution in [0.1, 0.15) is 10.4 Å². The summed E-state index contributed by atoms with van der Waals surface area (Å²) in [6.07, 6.45) is 0. The number of aromatic nitrogens is 3. The second kappa shape index (κ2) is 8.45. The van der Waals surface area contributed by atoms with Gasteiger partial charge in [-0.05, 0) is 60.7 Å². The fraction of sp³-hybridized carbons (Fsp3) is 0.0455. The normalized spacial score (nSPS) is 10.8. The number of halogens is 2. The van der Waals surface area contributed by atoms with Gasteiger partial charge in [0.15, 0.2) is 11.6 Å². The highest BCUT2D eigenvalue weighted by atomic mass is 79.9. The Labute approximate surface area is 186 Å². The summed E-state index contributed by atoms with van der Waals surface area (Å²) in [5.74, 6) is 0.586. The van der Waals surface area contributed by atoms with Crippen LogP contribution in [0.4, 0.5) is 0 Å². The maximum atomic E-state index is 12.8. The lowest BCUT2D eigenvalue weighted by Crippen LogP contribution is -2.12. The van der Waals surface area contributed by atoms with Gasteiger partial charge in [0.2, 0.25) is 4.77 Å². The van der Waals surface area contributed by atoms with Gasteiger partial charge in [0.05, 0.1) is 0 Å². The molecule has 0 saturated carbocycles. The Balaban J connectivity index is 1.80. The minimum Gasteiger partial charge on any atom is -0.292 e. The maximum absolute atomic E-state index is 12.8. The van der Waals surface area contributed by atoms with E-state index < -0.39 is 0 Å². The molecule has 0 N–H and O–H groups in total. The summed E-state index contributed by atoms with van der Waals surface area (Å²) in [6, 6.07) is 24.4. The number of hydrogen-bond acceptors (Lipinski definition) is 3. The third kappa shape index (κ3) is 4.24. The van der Waals surface area contributed by atoms with Gasteiger partial charge in [0.1, 0.15) is 6.54 Å². The molecule has 1 heterocycles. The lowest BCUT2D eigenvalue weighted by atomic mass is 10.1. The zero-order chi connectivity index (χ0) is 20.4. The van der Waals surface area contributed by atoms with Crippen LogP contribution in [0.3, 0.4) is 0 Å². The van der Waals surface area contributed by atoms with Gasteiger partial charge in [0, 0.05) is 26.3 Å². The molecule has 7 heteroatoms. The first kappa shape index (κ1) is 19.8. The number of carbonyl (C=O) groups excluding carboxylic acids is 1. The summed E-state index contributed by atoms with van der Waals surface area (Å²) in [7, 11) is 0. The summed E-state index contributed by atoms with van der Waals surface area (Å²) in [6.45, 7) is 0.0430. The number of hydrogen-bond donors (Lipinski definition) is 0. The average molecular weight is 485 g/mol. The van der Waals surface area contributed by atoms with E-state index in [2.05, 4.69) is 21.0 Å². The molecule has 4 rings (SSSR count). The van der Waals surface area contributed by atoms with Crippen molar-refractivity contribution in [2.75, 3.05) is 0 Å². The van der Waals surface area contributed by atoms with Crippen LogP contribution in [0.25, 0.3) is 17.1 Å². The van der Waals surface area contributed by atoms with Crippen molar-refractivity contribution < 1.29 is 4.79 Å². The van der Waals surface area contributed by atoms with Crippen molar-refractivity contribution >= 4 is 45.5 Å². The van der Waals surface area contributed by atoms with Gasteiger partial charge in [0.25, 0.3) is 0 Å². The molecule has 0 aliphatic heterocycles. The number of rotatable bonds is 5. The molecule has 29 heavy (non-hydrogen) atoms. The van der Waals surface area contributed by atoms with Crippen LogP contribution in [-0.2, 0) is 6.54 Å². The molecule has 3 aromatic carbocycles. The molecule has 4 nitrogen and oxygen atoms in total. The molecule has 0 atom stereocenters. The number of Topliss-reactive ketones (excluding diaryl/α,β-unsaturated/α-hetero) is 1. The second-order valence-corrected chi connectivity index (χ2v) is 8.09. The van der Waals surface area contributed by atoms with Crippen molar-refractivity contribution in [2.24, 2.45) is 0 Å². The quantitative estimate of drug-likeness (QED) is 0.244. The van der Waals surface area contributed by atoms with Gasteiger partial charge in [-0.3, -0.25) is 9.36 Å². The molecule has 4 aromatic rings. The van der Waals surface area contributed by atoms with Crippen LogP contribution >= 0.6 is 39.7 Å². The van der Waals surface area contributed by atoms with Crippen LogP contribution in [0.15, 0.2) is 83.3 Å². The highest BCUT2D eigenvalue weighted by molar-refractivity contribution is 9.10. The molecule has 1 aromatic heterocycles. The predicted octanol–water partition coefficient (Wildman–Crippen LogP) is 6.37. The molecule has 0 aliphatic carbocycles. The third-order valence-electron chi connectivity index (χ3n) is 4.40. The lowest BCUT2D eigenvalue weighted by Gasteiger charge is -2.07. The number of nitrogens with zero attached hydrogens (tertiary/aromatic N) is 3. The van der Waals surface area contributed by atoms with Crippen LogP contribution in [0.2, 0.25) is 5.02 Å². The molecule has 0 amide bonds. The molecule has 0 aliphatic rings. The first-order chi connectivity index (χ1) is 14.0. The Morgan fingerprint density at radius 2 is 1.72 bits per heavy atom. The Bertz CT molecular complexity index is 1230. The van der Waals surface area contributed by atoms with Gasteiger partial charge < -0.3 is 0 Å². The smallest absolute Gasteiger partial charge is 0.203 e. The standard InChI is InChI=1S/C22H15BrClN3OS/c23-17-6-4-5-16(13-17)21-25-26(14-20(28)15-9-11-18(24)12-10-15)22(29)27(21)19-7-2-1-3-8-19/h1-13H,14H2. The Morgan fingerprint density at radius 1 is 1.00 bits per heavy atom. The fourth-order valence-electron chi connectivity index (χ4n) is 3.00. The van der Waals surface area contributed by atoms with E-state index in [9.17, 15) is 4.79 Å². The van der Waals surface area contributed by atoms with E-state index >= 15 is 0 Å². The molecule has 0 radical (unpaired) electrons. The summed E-state index contributed by atoms with van der Waals surface area (Å²) >= 11 is 15.1. The van der Waals surface area contributed by atoms with Gasteiger partial charge in [-0.15, -0.1) is 0 Å². The maximum Gasteiger partial charge on any atom is 0.203 e. The van der Waals surface area contributed by atoms with Crippen molar-refractivity contribution in [1.82, 2.24) is 14.3 Å². The van der Waals surface area contributed by atoms with Crippen molar-refractivity contribution in [1.29, 1.82) is 0 Å². The molecule has 0 fully saturated rings. The van der Waals surface area contributed by atoms with Crippen LogP contribution in [-0.4, -0.2) is 20.1 Å². The number of benzene rings is 3. The largest absolute Gasteiger partial charge is 0.292 e. The van der Waals surface area contributed by atoms with Crippen molar-refractivity contribution in [3.05, 3.63) is 98.7 Å². The third-order valence-corrected chi connectivity index (χ3v) is 5.53. The second-order valence-electron chi connectivity index (χ2n) is 6.38.